The van der Waals surface area contributed by atoms with Gasteiger partial charge in [-0.05, 0) is 30.2 Å². The van der Waals surface area contributed by atoms with Gasteiger partial charge < -0.3 is 9.15 Å². The van der Waals surface area contributed by atoms with Gasteiger partial charge in [0.05, 0.1) is 16.3 Å². The van der Waals surface area contributed by atoms with Gasteiger partial charge in [0, 0.05) is 30.7 Å². The van der Waals surface area contributed by atoms with E-state index in [9.17, 15) is 4.79 Å². The molecule has 0 amide bonds. The average molecular weight is 357 g/mol. The number of hydrogen-bond acceptors (Lipinski definition) is 5. The highest BCUT2D eigenvalue weighted by molar-refractivity contribution is 6.33. The van der Waals surface area contributed by atoms with E-state index in [1.54, 1.807) is 6.20 Å². The number of ether oxygens (including phenoxy) is 1. The lowest BCUT2D eigenvalue weighted by Crippen LogP contribution is -2.32. The maximum Gasteiger partial charge on any atom is 0.336 e. The number of halogens is 1. The number of nitrogens with zero attached hydrogens (tertiary/aromatic N) is 2. The molecule has 0 saturated carbocycles. The third-order valence-electron chi connectivity index (χ3n) is 4.39. The van der Waals surface area contributed by atoms with E-state index in [0.717, 1.165) is 28.6 Å². The first-order valence-electron chi connectivity index (χ1n) is 8.19. The topological polar surface area (TPSA) is 55.6 Å². The zero-order chi connectivity index (χ0) is 17.4. The molecule has 0 atom stereocenters. The number of fused-ring (bicyclic) bond motifs is 3. The molecule has 0 spiro atoms. The van der Waals surface area contributed by atoms with Crippen LogP contribution in [0.3, 0.4) is 0 Å². The fraction of sp³-hybridized carbons (Fsp3) is 0.263. The normalized spacial score (nSPS) is 14.3. The summed E-state index contributed by atoms with van der Waals surface area (Å²) < 4.78 is 11.4. The molecule has 0 N–H and O–H groups in total. The lowest BCUT2D eigenvalue weighted by Gasteiger charge is -2.29. The summed E-state index contributed by atoms with van der Waals surface area (Å²) in [4.78, 5) is 18.4. The average Bonchev–Trinajstić information content (AvgIpc) is 2.63. The van der Waals surface area contributed by atoms with Crippen LogP contribution in [-0.4, -0.2) is 16.6 Å². The summed E-state index contributed by atoms with van der Waals surface area (Å²) in [6, 6.07) is 9.17. The molecule has 25 heavy (non-hydrogen) atoms. The summed E-state index contributed by atoms with van der Waals surface area (Å²) in [6.07, 6.45) is 2.50. The van der Waals surface area contributed by atoms with E-state index in [2.05, 4.69) is 9.88 Å². The Hall–Kier alpha value is -2.37. The Morgan fingerprint density at radius 3 is 2.96 bits per heavy atom. The molecular formula is C19H17ClN2O3. The fourth-order valence-corrected chi connectivity index (χ4v) is 3.49. The van der Waals surface area contributed by atoms with Gasteiger partial charge in [-0.1, -0.05) is 24.6 Å². The van der Waals surface area contributed by atoms with Gasteiger partial charge in [0.2, 0.25) is 0 Å². The Bertz CT molecular complexity index is 985. The summed E-state index contributed by atoms with van der Waals surface area (Å²) in [5, 5.41) is 1.41. The van der Waals surface area contributed by atoms with Crippen LogP contribution in [0.15, 0.2) is 45.7 Å². The molecule has 3 aromatic rings. The lowest BCUT2D eigenvalue weighted by molar-refractivity contribution is 0.0879. The largest absolute Gasteiger partial charge is 0.476 e. The van der Waals surface area contributed by atoms with Crippen molar-refractivity contribution in [2.24, 2.45) is 0 Å². The summed E-state index contributed by atoms with van der Waals surface area (Å²) in [5.41, 5.74) is 2.91. The minimum absolute atomic E-state index is 0.351. The van der Waals surface area contributed by atoms with Crippen LogP contribution in [0.4, 0.5) is 0 Å². The van der Waals surface area contributed by atoms with Crippen molar-refractivity contribution in [1.29, 1.82) is 0 Å². The smallest absolute Gasteiger partial charge is 0.336 e. The Morgan fingerprint density at radius 1 is 1.32 bits per heavy atom. The summed E-state index contributed by atoms with van der Waals surface area (Å²) in [5.74, 6) is 0.600. The molecule has 3 heterocycles. The molecule has 1 aliphatic rings. The van der Waals surface area contributed by atoms with Crippen LogP contribution in [0, 0.1) is 0 Å². The molecule has 0 unspecified atom stereocenters. The van der Waals surface area contributed by atoms with Crippen molar-refractivity contribution in [3.05, 3.63) is 68.8 Å². The van der Waals surface area contributed by atoms with E-state index in [4.69, 9.17) is 20.8 Å². The maximum absolute atomic E-state index is 11.9. The minimum atomic E-state index is -0.351. The van der Waals surface area contributed by atoms with Crippen molar-refractivity contribution in [3.63, 3.8) is 0 Å². The Labute approximate surface area is 149 Å². The number of rotatable bonds is 3. The standard InChI is InChI=1S/C19H17ClN2O3/c1-2-12-7-17(23)25-18-14(12)8-16(20)19-15(18)10-22(11-24-19)9-13-5-3-4-6-21-13/h3-8H,2,9-11H2,1H3. The van der Waals surface area contributed by atoms with Crippen molar-refractivity contribution in [2.75, 3.05) is 6.73 Å². The molecule has 2 aromatic heterocycles. The molecule has 6 heteroatoms. The van der Waals surface area contributed by atoms with Crippen LogP contribution in [0.1, 0.15) is 23.7 Å². The highest BCUT2D eigenvalue weighted by Gasteiger charge is 2.25. The fourth-order valence-electron chi connectivity index (χ4n) is 3.21. The monoisotopic (exact) mass is 356 g/mol. The van der Waals surface area contributed by atoms with Gasteiger partial charge in [-0.2, -0.15) is 0 Å². The highest BCUT2D eigenvalue weighted by atomic mass is 35.5. The molecule has 5 nitrogen and oxygen atoms in total. The first kappa shape index (κ1) is 16.1. The van der Waals surface area contributed by atoms with Crippen LogP contribution in [0.5, 0.6) is 5.75 Å². The Morgan fingerprint density at radius 2 is 2.20 bits per heavy atom. The number of hydrogen-bond donors (Lipinski definition) is 0. The molecule has 1 aliphatic heterocycles. The molecule has 0 saturated heterocycles. The van der Waals surface area contributed by atoms with Crippen LogP contribution in [0.25, 0.3) is 11.0 Å². The molecule has 128 valence electrons. The SMILES string of the molecule is CCc1cc(=O)oc2c3c(c(Cl)cc12)OCN(Cc1ccccn1)C3. The third kappa shape index (κ3) is 3.01. The first-order valence-corrected chi connectivity index (χ1v) is 8.56. The van der Waals surface area contributed by atoms with E-state index < -0.39 is 0 Å². The van der Waals surface area contributed by atoms with Gasteiger partial charge in [-0.3, -0.25) is 9.88 Å². The van der Waals surface area contributed by atoms with E-state index in [1.807, 2.05) is 31.2 Å². The van der Waals surface area contributed by atoms with Crippen molar-refractivity contribution < 1.29 is 9.15 Å². The zero-order valence-corrected chi connectivity index (χ0v) is 14.5. The zero-order valence-electron chi connectivity index (χ0n) is 13.8. The minimum Gasteiger partial charge on any atom is -0.476 e. The Balaban J connectivity index is 1.78. The van der Waals surface area contributed by atoms with Crippen molar-refractivity contribution >= 4 is 22.6 Å². The third-order valence-corrected chi connectivity index (χ3v) is 4.67. The van der Waals surface area contributed by atoms with Crippen LogP contribution >= 0.6 is 11.6 Å². The lowest BCUT2D eigenvalue weighted by atomic mass is 10.0. The summed E-state index contributed by atoms with van der Waals surface area (Å²) in [7, 11) is 0. The van der Waals surface area contributed by atoms with Gasteiger partial charge in [0.25, 0.3) is 0 Å². The number of pyridine rings is 1. The number of aromatic nitrogens is 1. The molecule has 0 radical (unpaired) electrons. The number of aryl methyl sites for hydroxylation is 1. The maximum atomic E-state index is 11.9. The predicted octanol–water partition coefficient (Wildman–Crippen LogP) is 3.76. The second-order valence-corrected chi connectivity index (χ2v) is 6.48. The van der Waals surface area contributed by atoms with Gasteiger partial charge in [0.1, 0.15) is 18.1 Å². The van der Waals surface area contributed by atoms with Gasteiger partial charge in [0.15, 0.2) is 0 Å². The highest BCUT2D eigenvalue weighted by Crippen LogP contribution is 2.39. The van der Waals surface area contributed by atoms with Crippen LogP contribution < -0.4 is 10.4 Å². The van der Waals surface area contributed by atoms with Crippen LogP contribution in [-0.2, 0) is 19.5 Å². The summed E-state index contributed by atoms with van der Waals surface area (Å²) >= 11 is 6.42. The van der Waals surface area contributed by atoms with Gasteiger partial charge in [-0.15, -0.1) is 0 Å². The van der Waals surface area contributed by atoms with Crippen molar-refractivity contribution in [2.45, 2.75) is 26.4 Å². The quantitative estimate of drug-likeness (QED) is 0.669. The molecule has 0 fully saturated rings. The van der Waals surface area contributed by atoms with E-state index in [1.165, 1.54) is 6.07 Å². The van der Waals surface area contributed by atoms with Crippen LogP contribution in [0.2, 0.25) is 5.02 Å². The molecular weight excluding hydrogens is 340 g/mol. The van der Waals surface area contributed by atoms with Gasteiger partial charge >= 0.3 is 5.63 Å². The van der Waals surface area contributed by atoms with Gasteiger partial charge in [-0.25, -0.2) is 4.79 Å². The molecule has 0 bridgehead atoms. The van der Waals surface area contributed by atoms with Crippen molar-refractivity contribution in [3.8, 4) is 5.75 Å². The Kier molecular flexibility index (Phi) is 4.19. The molecule has 4 rings (SSSR count). The van der Waals surface area contributed by atoms with Crippen molar-refractivity contribution in [1.82, 2.24) is 9.88 Å². The first-order chi connectivity index (χ1) is 12.2. The van der Waals surface area contributed by atoms with E-state index in [-0.39, 0.29) is 5.63 Å². The second-order valence-electron chi connectivity index (χ2n) is 6.07. The van der Waals surface area contributed by atoms with E-state index in [0.29, 0.717) is 36.2 Å². The molecule has 0 aliphatic carbocycles. The summed E-state index contributed by atoms with van der Waals surface area (Å²) in [6.45, 7) is 3.64. The predicted molar refractivity (Wildman–Crippen MR) is 95.9 cm³/mol. The van der Waals surface area contributed by atoms with E-state index >= 15 is 0 Å². The molecule has 1 aromatic carbocycles. The number of benzene rings is 1. The second kappa shape index (κ2) is 6.50.